The Labute approximate surface area is 116 Å². The van der Waals surface area contributed by atoms with Crippen molar-refractivity contribution in [3.63, 3.8) is 0 Å². The Bertz CT molecular complexity index is 423. The molecule has 0 atom stereocenters. The number of hydrogen-bond donors (Lipinski definition) is 2. The largest absolute Gasteiger partial charge is 0.396 e. The van der Waals surface area contributed by atoms with Crippen LogP contribution >= 0.6 is 15.9 Å². The number of likely N-dealkylation sites (N-methyl/N-ethyl adjacent to an activating group) is 1. The van der Waals surface area contributed by atoms with Gasteiger partial charge in [-0.2, -0.15) is 0 Å². The zero-order valence-corrected chi connectivity index (χ0v) is 12.5. The normalized spacial score (nSPS) is 10.5. The van der Waals surface area contributed by atoms with Gasteiger partial charge in [0.2, 0.25) is 5.91 Å². The lowest BCUT2D eigenvalue weighted by Crippen LogP contribution is -2.40. The van der Waals surface area contributed by atoms with Crippen molar-refractivity contribution in [3.8, 4) is 0 Å². The van der Waals surface area contributed by atoms with Crippen molar-refractivity contribution >= 4 is 33.3 Å². The van der Waals surface area contributed by atoms with Crippen molar-refractivity contribution in [3.05, 3.63) is 16.7 Å². The highest BCUT2D eigenvalue weighted by Gasteiger charge is 2.14. The number of nitrogen functional groups attached to an aromatic ring is 1. The van der Waals surface area contributed by atoms with Crippen LogP contribution in [0.15, 0.2) is 16.7 Å². The molecule has 0 bridgehead atoms. The van der Waals surface area contributed by atoms with Crippen LogP contribution in [0.4, 0.5) is 11.5 Å². The minimum Gasteiger partial charge on any atom is -0.396 e. The molecular weight excluding hydrogens is 296 g/mol. The number of carbonyl (C=O) groups excluding carboxylic acids is 1. The van der Waals surface area contributed by atoms with E-state index in [1.807, 2.05) is 25.7 Å². The van der Waals surface area contributed by atoms with Gasteiger partial charge in [-0.3, -0.25) is 4.79 Å². The van der Waals surface area contributed by atoms with Gasteiger partial charge in [-0.25, -0.2) is 4.98 Å². The molecule has 1 aromatic rings. The van der Waals surface area contributed by atoms with Crippen LogP contribution in [-0.4, -0.2) is 30.0 Å². The molecular formula is C12H19BrN4O. The Morgan fingerprint density at radius 3 is 2.78 bits per heavy atom. The summed E-state index contributed by atoms with van der Waals surface area (Å²) in [6, 6.07) is 1.91. The van der Waals surface area contributed by atoms with E-state index in [0.717, 1.165) is 4.47 Å². The van der Waals surface area contributed by atoms with Gasteiger partial charge in [0.1, 0.15) is 0 Å². The second-order valence-electron chi connectivity index (χ2n) is 4.30. The van der Waals surface area contributed by atoms with Crippen LogP contribution in [0.3, 0.4) is 0 Å². The summed E-state index contributed by atoms with van der Waals surface area (Å²) >= 11 is 3.31. The molecule has 0 radical (unpaired) electrons. The van der Waals surface area contributed by atoms with E-state index in [0.29, 0.717) is 18.1 Å². The first kappa shape index (κ1) is 14.8. The van der Waals surface area contributed by atoms with E-state index in [9.17, 15) is 4.79 Å². The van der Waals surface area contributed by atoms with Crippen molar-refractivity contribution in [1.29, 1.82) is 0 Å². The van der Waals surface area contributed by atoms with Gasteiger partial charge in [-0.1, -0.05) is 0 Å². The second-order valence-corrected chi connectivity index (χ2v) is 5.22. The number of carbonyl (C=O) groups is 1. The molecule has 0 saturated carbocycles. The number of nitrogens with zero attached hydrogens (tertiary/aromatic N) is 2. The van der Waals surface area contributed by atoms with E-state index in [1.165, 1.54) is 0 Å². The SMILES string of the molecule is CCN(CC(=O)NC(C)C)c1ncc(Br)cc1N. The molecule has 1 heterocycles. The highest BCUT2D eigenvalue weighted by Crippen LogP contribution is 2.23. The first-order valence-corrected chi connectivity index (χ1v) is 6.68. The molecule has 0 aliphatic heterocycles. The fourth-order valence-corrected chi connectivity index (χ4v) is 1.94. The summed E-state index contributed by atoms with van der Waals surface area (Å²) in [5.41, 5.74) is 6.47. The number of rotatable bonds is 5. The third kappa shape index (κ3) is 4.18. The van der Waals surface area contributed by atoms with Gasteiger partial charge in [0.25, 0.3) is 0 Å². The molecule has 0 saturated heterocycles. The summed E-state index contributed by atoms with van der Waals surface area (Å²) in [7, 11) is 0. The third-order valence-corrected chi connectivity index (χ3v) is 2.76. The Morgan fingerprint density at radius 1 is 1.61 bits per heavy atom. The molecule has 6 heteroatoms. The maximum Gasteiger partial charge on any atom is 0.239 e. The quantitative estimate of drug-likeness (QED) is 0.869. The van der Waals surface area contributed by atoms with E-state index in [-0.39, 0.29) is 18.5 Å². The van der Waals surface area contributed by atoms with E-state index in [1.54, 1.807) is 12.3 Å². The average molecular weight is 315 g/mol. The summed E-state index contributed by atoms with van der Waals surface area (Å²) in [5.74, 6) is 0.607. The summed E-state index contributed by atoms with van der Waals surface area (Å²) in [5, 5.41) is 2.85. The van der Waals surface area contributed by atoms with Gasteiger partial charge in [-0.15, -0.1) is 0 Å². The summed E-state index contributed by atoms with van der Waals surface area (Å²) in [6.45, 7) is 6.75. The number of aromatic nitrogens is 1. The van der Waals surface area contributed by atoms with E-state index in [2.05, 4.69) is 26.2 Å². The second kappa shape index (κ2) is 6.58. The molecule has 0 fully saturated rings. The monoisotopic (exact) mass is 314 g/mol. The predicted octanol–water partition coefficient (Wildman–Crippen LogP) is 1.78. The topological polar surface area (TPSA) is 71.2 Å². The number of halogens is 1. The van der Waals surface area contributed by atoms with Gasteiger partial charge in [0, 0.05) is 23.3 Å². The van der Waals surface area contributed by atoms with Crippen LogP contribution in [0.25, 0.3) is 0 Å². The molecule has 1 rings (SSSR count). The van der Waals surface area contributed by atoms with Gasteiger partial charge in [0.05, 0.1) is 12.2 Å². The van der Waals surface area contributed by atoms with Crippen molar-refractivity contribution < 1.29 is 4.79 Å². The minimum atomic E-state index is -0.0315. The fourth-order valence-electron chi connectivity index (χ4n) is 1.59. The molecule has 3 N–H and O–H groups in total. The third-order valence-electron chi connectivity index (χ3n) is 2.33. The Balaban J connectivity index is 2.80. The summed E-state index contributed by atoms with van der Waals surface area (Å²) < 4.78 is 0.825. The lowest BCUT2D eigenvalue weighted by Gasteiger charge is -2.23. The lowest BCUT2D eigenvalue weighted by molar-refractivity contribution is -0.120. The van der Waals surface area contributed by atoms with Crippen LogP contribution in [0.1, 0.15) is 20.8 Å². The molecule has 0 unspecified atom stereocenters. The highest BCUT2D eigenvalue weighted by molar-refractivity contribution is 9.10. The van der Waals surface area contributed by atoms with E-state index >= 15 is 0 Å². The van der Waals surface area contributed by atoms with Gasteiger partial charge in [0.15, 0.2) is 5.82 Å². The Morgan fingerprint density at radius 2 is 2.28 bits per heavy atom. The van der Waals surface area contributed by atoms with E-state index in [4.69, 9.17) is 5.73 Å². The molecule has 100 valence electrons. The van der Waals surface area contributed by atoms with Crippen molar-refractivity contribution in [1.82, 2.24) is 10.3 Å². The fraction of sp³-hybridized carbons (Fsp3) is 0.500. The molecule has 0 aromatic carbocycles. The van der Waals surface area contributed by atoms with Crippen molar-refractivity contribution in [2.75, 3.05) is 23.7 Å². The number of anilines is 2. The number of nitrogens with two attached hydrogens (primary N) is 1. The predicted molar refractivity (Wildman–Crippen MR) is 77.5 cm³/mol. The zero-order valence-electron chi connectivity index (χ0n) is 10.9. The molecule has 1 aromatic heterocycles. The molecule has 18 heavy (non-hydrogen) atoms. The summed E-state index contributed by atoms with van der Waals surface area (Å²) in [4.78, 5) is 17.8. The molecule has 0 aliphatic carbocycles. The van der Waals surface area contributed by atoms with Gasteiger partial charge in [-0.05, 0) is 42.8 Å². The zero-order chi connectivity index (χ0) is 13.7. The molecule has 0 spiro atoms. The number of nitrogens with one attached hydrogen (secondary N) is 1. The standard InChI is InChI=1S/C12H19BrN4O/c1-4-17(7-11(18)16-8(2)3)12-10(14)5-9(13)6-15-12/h5-6,8H,4,7,14H2,1-3H3,(H,16,18). The van der Waals surface area contributed by atoms with Crippen molar-refractivity contribution in [2.24, 2.45) is 0 Å². The molecule has 5 nitrogen and oxygen atoms in total. The first-order valence-electron chi connectivity index (χ1n) is 5.89. The van der Waals surface area contributed by atoms with Crippen LogP contribution in [-0.2, 0) is 4.79 Å². The molecule has 1 amide bonds. The molecule has 0 aliphatic rings. The Hall–Kier alpha value is -1.30. The maximum absolute atomic E-state index is 11.7. The van der Waals surface area contributed by atoms with Crippen molar-refractivity contribution in [2.45, 2.75) is 26.8 Å². The minimum absolute atomic E-state index is 0.0315. The highest BCUT2D eigenvalue weighted by atomic mass is 79.9. The van der Waals surface area contributed by atoms with Crippen LogP contribution in [0.5, 0.6) is 0 Å². The van der Waals surface area contributed by atoms with E-state index < -0.39 is 0 Å². The number of amides is 1. The average Bonchev–Trinajstić information content (AvgIpc) is 2.25. The van der Waals surface area contributed by atoms with Crippen LogP contribution in [0, 0.1) is 0 Å². The summed E-state index contributed by atoms with van der Waals surface area (Å²) in [6.07, 6.45) is 1.68. The van der Waals surface area contributed by atoms with Crippen LogP contribution in [0.2, 0.25) is 0 Å². The number of pyridine rings is 1. The van der Waals surface area contributed by atoms with Gasteiger partial charge >= 0.3 is 0 Å². The number of hydrogen-bond acceptors (Lipinski definition) is 4. The maximum atomic E-state index is 11.7. The lowest BCUT2D eigenvalue weighted by atomic mass is 10.3. The Kier molecular flexibility index (Phi) is 5.40. The first-order chi connectivity index (χ1) is 8.43. The van der Waals surface area contributed by atoms with Crippen LogP contribution < -0.4 is 16.0 Å². The smallest absolute Gasteiger partial charge is 0.239 e. The van der Waals surface area contributed by atoms with Gasteiger partial charge < -0.3 is 16.0 Å².